The lowest BCUT2D eigenvalue weighted by atomic mass is 10.2. The molecule has 1 atom stereocenters. The van der Waals surface area contributed by atoms with Crippen molar-refractivity contribution >= 4 is 11.0 Å². The summed E-state index contributed by atoms with van der Waals surface area (Å²) < 4.78 is 5.82. The van der Waals surface area contributed by atoms with Crippen molar-refractivity contribution in [3.63, 3.8) is 0 Å². The molecule has 4 nitrogen and oxygen atoms in total. The lowest BCUT2D eigenvalue weighted by molar-refractivity contribution is 0.369. The van der Waals surface area contributed by atoms with Crippen LogP contribution in [0, 0.1) is 0 Å². The summed E-state index contributed by atoms with van der Waals surface area (Å²) >= 11 is 0. The van der Waals surface area contributed by atoms with E-state index in [2.05, 4.69) is 36.4 Å². The summed E-state index contributed by atoms with van der Waals surface area (Å²) in [6.07, 6.45) is 0. The lowest BCUT2D eigenvalue weighted by Gasteiger charge is -2.16. The minimum absolute atomic E-state index is 0.0809. The fourth-order valence-corrected chi connectivity index (χ4v) is 1.94. The number of nitrogens with zero attached hydrogens (tertiary/aromatic N) is 1. The van der Waals surface area contributed by atoms with Gasteiger partial charge in [0.25, 0.3) is 0 Å². The third-order valence-electron chi connectivity index (χ3n) is 2.97. The Morgan fingerprint density at radius 1 is 1.33 bits per heavy atom. The molecular formula is C14H21N3O. The second-order valence-electron chi connectivity index (χ2n) is 4.73. The van der Waals surface area contributed by atoms with Crippen molar-refractivity contribution in [2.75, 3.05) is 33.7 Å². The number of hydrogen-bond donors (Lipinski definition) is 2. The van der Waals surface area contributed by atoms with Crippen LogP contribution < -0.4 is 11.1 Å². The van der Waals surface area contributed by atoms with Gasteiger partial charge in [-0.3, -0.25) is 0 Å². The molecule has 2 rings (SSSR count). The molecule has 98 valence electrons. The molecule has 0 aliphatic carbocycles. The molecule has 3 N–H and O–H groups in total. The summed E-state index contributed by atoms with van der Waals surface area (Å²) in [6.45, 7) is 2.41. The predicted molar refractivity (Wildman–Crippen MR) is 74.6 cm³/mol. The number of fused-ring (bicyclic) bond motifs is 1. The fraction of sp³-hybridized carbons (Fsp3) is 0.429. The van der Waals surface area contributed by atoms with Crippen LogP contribution in [0.2, 0.25) is 0 Å². The van der Waals surface area contributed by atoms with E-state index in [0.29, 0.717) is 6.54 Å². The highest BCUT2D eigenvalue weighted by molar-refractivity contribution is 5.77. The van der Waals surface area contributed by atoms with Crippen molar-refractivity contribution in [2.24, 2.45) is 5.73 Å². The van der Waals surface area contributed by atoms with Gasteiger partial charge < -0.3 is 20.4 Å². The van der Waals surface area contributed by atoms with Crippen molar-refractivity contribution in [3.05, 3.63) is 36.1 Å². The third kappa shape index (κ3) is 3.10. The first-order valence-corrected chi connectivity index (χ1v) is 6.27. The minimum atomic E-state index is 0.0809. The van der Waals surface area contributed by atoms with Crippen molar-refractivity contribution in [2.45, 2.75) is 6.04 Å². The van der Waals surface area contributed by atoms with Gasteiger partial charge in [0.2, 0.25) is 0 Å². The summed E-state index contributed by atoms with van der Waals surface area (Å²) in [4.78, 5) is 2.14. The molecule has 0 bridgehead atoms. The monoisotopic (exact) mass is 247 g/mol. The van der Waals surface area contributed by atoms with Gasteiger partial charge in [0.15, 0.2) is 0 Å². The summed E-state index contributed by atoms with van der Waals surface area (Å²) in [5.41, 5.74) is 6.72. The molecule has 0 fully saturated rings. The maximum absolute atomic E-state index is 5.82. The molecule has 0 aliphatic heterocycles. The van der Waals surface area contributed by atoms with E-state index < -0.39 is 0 Å². The topological polar surface area (TPSA) is 54.4 Å². The highest BCUT2D eigenvalue weighted by Crippen LogP contribution is 2.23. The first-order valence-electron chi connectivity index (χ1n) is 6.27. The zero-order valence-electron chi connectivity index (χ0n) is 11.0. The number of nitrogens with one attached hydrogen (secondary N) is 1. The fourth-order valence-electron chi connectivity index (χ4n) is 1.94. The Labute approximate surface area is 108 Å². The maximum atomic E-state index is 5.82. The average Bonchev–Trinajstić information content (AvgIpc) is 2.77. The van der Waals surface area contributed by atoms with E-state index in [-0.39, 0.29) is 6.04 Å². The van der Waals surface area contributed by atoms with Crippen LogP contribution in [-0.4, -0.2) is 38.6 Å². The molecule has 1 heterocycles. The van der Waals surface area contributed by atoms with Crippen LogP contribution in [0.3, 0.4) is 0 Å². The number of rotatable bonds is 6. The Morgan fingerprint density at radius 3 is 2.78 bits per heavy atom. The zero-order valence-corrected chi connectivity index (χ0v) is 11.0. The van der Waals surface area contributed by atoms with Gasteiger partial charge in [-0.2, -0.15) is 0 Å². The number of nitrogens with two attached hydrogens (primary N) is 1. The number of likely N-dealkylation sites (N-methyl/N-ethyl adjacent to an activating group) is 1. The molecule has 1 aromatic heterocycles. The van der Waals surface area contributed by atoms with E-state index in [1.807, 2.05) is 18.2 Å². The van der Waals surface area contributed by atoms with Gasteiger partial charge in [0.05, 0.1) is 6.04 Å². The van der Waals surface area contributed by atoms with E-state index in [0.717, 1.165) is 29.8 Å². The molecule has 2 aromatic rings. The molecule has 18 heavy (non-hydrogen) atoms. The van der Waals surface area contributed by atoms with Crippen LogP contribution >= 0.6 is 0 Å². The average molecular weight is 247 g/mol. The quantitative estimate of drug-likeness (QED) is 0.814. The van der Waals surface area contributed by atoms with Gasteiger partial charge in [-0.25, -0.2) is 0 Å². The standard InChI is InChI=1S/C14H21N3O/c1-17(2)8-7-16-12(10-15)14-9-11-5-3-4-6-13(11)18-14/h3-6,9,12,16H,7-8,10,15H2,1-2H3. The normalized spacial score (nSPS) is 13.3. The van der Waals surface area contributed by atoms with Crippen molar-refractivity contribution < 1.29 is 4.42 Å². The highest BCUT2D eigenvalue weighted by atomic mass is 16.3. The number of para-hydroxylation sites is 1. The second-order valence-corrected chi connectivity index (χ2v) is 4.73. The summed E-state index contributed by atoms with van der Waals surface area (Å²) in [6, 6.07) is 10.2. The Balaban J connectivity index is 2.07. The molecule has 4 heteroatoms. The summed E-state index contributed by atoms with van der Waals surface area (Å²) in [5.74, 6) is 0.914. The van der Waals surface area contributed by atoms with E-state index in [1.165, 1.54) is 0 Å². The van der Waals surface area contributed by atoms with Crippen molar-refractivity contribution in [1.29, 1.82) is 0 Å². The maximum Gasteiger partial charge on any atom is 0.134 e. The van der Waals surface area contributed by atoms with Gasteiger partial charge in [-0.05, 0) is 26.2 Å². The van der Waals surface area contributed by atoms with Crippen LogP contribution in [0.15, 0.2) is 34.7 Å². The molecule has 1 unspecified atom stereocenters. The minimum Gasteiger partial charge on any atom is -0.459 e. The molecule has 0 saturated carbocycles. The van der Waals surface area contributed by atoms with Gasteiger partial charge in [-0.1, -0.05) is 18.2 Å². The number of hydrogen-bond acceptors (Lipinski definition) is 4. The van der Waals surface area contributed by atoms with Crippen LogP contribution in [-0.2, 0) is 0 Å². The van der Waals surface area contributed by atoms with Gasteiger partial charge in [-0.15, -0.1) is 0 Å². The Kier molecular flexibility index (Phi) is 4.36. The Bertz CT molecular complexity index is 459. The highest BCUT2D eigenvalue weighted by Gasteiger charge is 2.13. The molecule has 0 amide bonds. The molecular weight excluding hydrogens is 226 g/mol. The van der Waals surface area contributed by atoms with E-state index >= 15 is 0 Å². The van der Waals surface area contributed by atoms with Crippen LogP contribution in [0.25, 0.3) is 11.0 Å². The summed E-state index contributed by atoms with van der Waals surface area (Å²) in [5, 5.41) is 4.54. The van der Waals surface area contributed by atoms with Gasteiger partial charge >= 0.3 is 0 Å². The lowest BCUT2D eigenvalue weighted by Crippen LogP contribution is -2.33. The Morgan fingerprint density at radius 2 is 2.11 bits per heavy atom. The van der Waals surface area contributed by atoms with Crippen LogP contribution in [0.5, 0.6) is 0 Å². The number of benzene rings is 1. The predicted octanol–water partition coefficient (Wildman–Crippen LogP) is 1.58. The first kappa shape index (κ1) is 13.1. The summed E-state index contributed by atoms with van der Waals surface area (Å²) in [7, 11) is 4.11. The van der Waals surface area contributed by atoms with Crippen LogP contribution in [0.1, 0.15) is 11.8 Å². The first-order chi connectivity index (χ1) is 8.70. The molecule has 1 aromatic carbocycles. The molecule has 0 radical (unpaired) electrons. The van der Waals surface area contributed by atoms with Crippen LogP contribution in [0.4, 0.5) is 0 Å². The third-order valence-corrected chi connectivity index (χ3v) is 2.97. The van der Waals surface area contributed by atoms with E-state index in [9.17, 15) is 0 Å². The second kappa shape index (κ2) is 6.00. The SMILES string of the molecule is CN(C)CCNC(CN)c1cc2ccccc2o1. The van der Waals surface area contributed by atoms with Gasteiger partial charge in [0.1, 0.15) is 11.3 Å². The zero-order chi connectivity index (χ0) is 13.0. The Hall–Kier alpha value is -1.36. The van der Waals surface area contributed by atoms with Gasteiger partial charge in [0, 0.05) is 25.0 Å². The molecule has 0 spiro atoms. The van der Waals surface area contributed by atoms with Crippen molar-refractivity contribution in [3.8, 4) is 0 Å². The van der Waals surface area contributed by atoms with E-state index in [1.54, 1.807) is 0 Å². The smallest absolute Gasteiger partial charge is 0.134 e. The molecule has 0 saturated heterocycles. The van der Waals surface area contributed by atoms with E-state index in [4.69, 9.17) is 10.2 Å². The van der Waals surface area contributed by atoms with Crippen molar-refractivity contribution in [1.82, 2.24) is 10.2 Å². The molecule has 0 aliphatic rings. The number of furan rings is 1. The largest absolute Gasteiger partial charge is 0.459 e.